The molecule has 2 heterocycles. The first-order valence-electron chi connectivity index (χ1n) is 10.9. The van der Waals surface area contributed by atoms with Crippen molar-refractivity contribution in [2.45, 2.75) is 19.9 Å². The fraction of sp³-hybridized carbons (Fsp3) is 0.360. The molecule has 168 valence electrons. The molecule has 4 rings (SSSR count). The molecule has 0 fully saturated rings. The number of nitrogens with zero attached hydrogens (tertiary/aromatic N) is 2. The van der Waals surface area contributed by atoms with Crippen LogP contribution in [0.2, 0.25) is 0 Å². The summed E-state index contributed by atoms with van der Waals surface area (Å²) in [6.07, 6.45) is 0. The number of hydrogen-bond donors (Lipinski definition) is 0. The predicted octanol–water partition coefficient (Wildman–Crippen LogP) is 3.70. The lowest BCUT2D eigenvalue weighted by molar-refractivity contribution is 0.0716. The van der Waals surface area contributed by atoms with Crippen LogP contribution in [-0.2, 0) is 0 Å². The van der Waals surface area contributed by atoms with Gasteiger partial charge in [-0.15, -0.1) is 0 Å². The van der Waals surface area contributed by atoms with Crippen molar-refractivity contribution >= 4 is 16.9 Å². The second-order valence-corrected chi connectivity index (χ2v) is 7.95. The largest absolute Gasteiger partial charge is 0.490 e. The van der Waals surface area contributed by atoms with Gasteiger partial charge < -0.3 is 23.7 Å². The number of benzene rings is 2. The minimum absolute atomic E-state index is 0.115. The van der Waals surface area contributed by atoms with E-state index in [-0.39, 0.29) is 17.1 Å². The highest BCUT2D eigenvalue weighted by molar-refractivity contribution is 5.99. The molecule has 1 aliphatic heterocycles. The number of para-hydroxylation sites is 1. The highest BCUT2D eigenvalue weighted by Gasteiger charge is 2.42. The van der Waals surface area contributed by atoms with Crippen LogP contribution in [0.25, 0.3) is 11.0 Å². The van der Waals surface area contributed by atoms with Gasteiger partial charge in [0.15, 0.2) is 16.9 Å². The van der Waals surface area contributed by atoms with Gasteiger partial charge in [0.25, 0.3) is 5.91 Å². The van der Waals surface area contributed by atoms with Gasteiger partial charge in [-0.2, -0.15) is 0 Å². The molecule has 1 unspecified atom stereocenters. The smallest absolute Gasteiger partial charge is 0.290 e. The summed E-state index contributed by atoms with van der Waals surface area (Å²) in [5.74, 6) is 1.06. The molecule has 1 aliphatic rings. The molecule has 1 amide bonds. The third kappa shape index (κ3) is 3.84. The van der Waals surface area contributed by atoms with E-state index < -0.39 is 6.04 Å². The molecule has 0 saturated carbocycles. The Labute approximate surface area is 187 Å². The van der Waals surface area contributed by atoms with E-state index in [2.05, 4.69) is 0 Å². The van der Waals surface area contributed by atoms with E-state index in [0.29, 0.717) is 54.3 Å². The van der Waals surface area contributed by atoms with Crippen molar-refractivity contribution in [3.8, 4) is 11.5 Å². The highest BCUT2D eigenvalue weighted by atomic mass is 16.5. The van der Waals surface area contributed by atoms with Crippen molar-refractivity contribution in [3.63, 3.8) is 0 Å². The molecule has 7 nitrogen and oxygen atoms in total. The topological polar surface area (TPSA) is 72.2 Å². The van der Waals surface area contributed by atoms with Crippen LogP contribution in [0.1, 0.15) is 41.6 Å². The molecule has 3 aromatic rings. The standard InChI is InChI=1S/C25H28N2O5/c1-5-30-19-12-11-16(15-20(19)31-6-2)22-21-23(28)17-9-7-8-10-18(17)32-24(21)25(29)27(22)14-13-26(3)4/h7-12,15,22H,5-6,13-14H2,1-4H3. The number of likely N-dealkylation sites (N-methyl/N-ethyl adjacent to an activating group) is 1. The van der Waals surface area contributed by atoms with Crippen molar-refractivity contribution in [1.82, 2.24) is 9.80 Å². The quantitative estimate of drug-likeness (QED) is 0.536. The van der Waals surface area contributed by atoms with Crippen LogP contribution in [0.5, 0.6) is 11.5 Å². The normalized spacial score (nSPS) is 15.5. The Morgan fingerprint density at radius 3 is 2.44 bits per heavy atom. The number of fused-ring (bicyclic) bond motifs is 2. The summed E-state index contributed by atoms with van der Waals surface area (Å²) >= 11 is 0. The minimum Gasteiger partial charge on any atom is -0.490 e. The van der Waals surface area contributed by atoms with Gasteiger partial charge in [0.2, 0.25) is 5.76 Å². The van der Waals surface area contributed by atoms with Crippen molar-refractivity contribution in [1.29, 1.82) is 0 Å². The van der Waals surface area contributed by atoms with Crippen molar-refractivity contribution < 1.29 is 18.7 Å². The third-order valence-electron chi connectivity index (χ3n) is 5.54. The van der Waals surface area contributed by atoms with Crippen LogP contribution in [-0.4, -0.2) is 56.1 Å². The lowest BCUT2D eigenvalue weighted by atomic mass is 9.98. The second kappa shape index (κ2) is 9.04. The average Bonchev–Trinajstić information content (AvgIpc) is 3.06. The zero-order valence-corrected chi connectivity index (χ0v) is 18.9. The Kier molecular flexibility index (Phi) is 6.19. The van der Waals surface area contributed by atoms with E-state index in [1.165, 1.54) is 0 Å². The minimum atomic E-state index is -0.562. The van der Waals surface area contributed by atoms with Gasteiger partial charge in [-0.25, -0.2) is 0 Å². The third-order valence-corrected chi connectivity index (χ3v) is 5.54. The van der Waals surface area contributed by atoms with E-state index in [1.54, 1.807) is 29.2 Å². The summed E-state index contributed by atoms with van der Waals surface area (Å²) in [5.41, 5.74) is 1.39. The summed E-state index contributed by atoms with van der Waals surface area (Å²) < 4.78 is 17.5. The molecule has 7 heteroatoms. The van der Waals surface area contributed by atoms with Gasteiger partial charge in [0, 0.05) is 13.1 Å². The Bertz CT molecular complexity index is 1200. The van der Waals surface area contributed by atoms with Crippen LogP contribution in [0.3, 0.4) is 0 Å². The molecule has 32 heavy (non-hydrogen) atoms. The first-order chi connectivity index (χ1) is 15.5. The summed E-state index contributed by atoms with van der Waals surface area (Å²) in [7, 11) is 3.90. The molecule has 2 aromatic carbocycles. The van der Waals surface area contributed by atoms with Crippen LogP contribution in [0.4, 0.5) is 0 Å². The number of amides is 1. The summed E-state index contributed by atoms with van der Waals surface area (Å²) in [6.45, 7) is 5.90. The molecule has 1 atom stereocenters. The molecule has 0 spiro atoms. The van der Waals surface area contributed by atoms with Gasteiger partial charge in [0.1, 0.15) is 5.58 Å². The second-order valence-electron chi connectivity index (χ2n) is 7.95. The molecular formula is C25H28N2O5. The predicted molar refractivity (Wildman–Crippen MR) is 123 cm³/mol. The zero-order valence-electron chi connectivity index (χ0n) is 18.9. The average molecular weight is 437 g/mol. The fourth-order valence-electron chi connectivity index (χ4n) is 4.09. The van der Waals surface area contributed by atoms with Crippen LogP contribution in [0.15, 0.2) is 51.7 Å². The van der Waals surface area contributed by atoms with E-state index >= 15 is 0 Å². The SMILES string of the molecule is CCOc1ccc(C2c3c(oc4ccccc4c3=O)C(=O)N2CCN(C)C)cc1OCC. The Hall–Kier alpha value is -3.32. The van der Waals surface area contributed by atoms with Gasteiger partial charge in [0.05, 0.1) is 30.2 Å². The molecule has 0 radical (unpaired) electrons. The Balaban J connectivity index is 1.90. The van der Waals surface area contributed by atoms with Crippen LogP contribution < -0.4 is 14.9 Å². The lowest BCUT2D eigenvalue weighted by Crippen LogP contribution is -2.35. The number of hydrogen-bond acceptors (Lipinski definition) is 6. The monoisotopic (exact) mass is 436 g/mol. The molecule has 0 saturated heterocycles. The van der Waals surface area contributed by atoms with Gasteiger partial charge in [-0.1, -0.05) is 18.2 Å². The molecular weight excluding hydrogens is 408 g/mol. The van der Waals surface area contributed by atoms with E-state index in [4.69, 9.17) is 13.9 Å². The Morgan fingerprint density at radius 1 is 1.00 bits per heavy atom. The molecule has 1 aromatic heterocycles. The summed E-state index contributed by atoms with van der Waals surface area (Å²) in [5, 5.41) is 0.467. The van der Waals surface area contributed by atoms with E-state index in [0.717, 1.165) is 5.56 Å². The van der Waals surface area contributed by atoms with Crippen molar-refractivity contribution in [2.75, 3.05) is 40.4 Å². The van der Waals surface area contributed by atoms with Crippen molar-refractivity contribution in [3.05, 3.63) is 69.6 Å². The number of carbonyl (C=O) groups is 1. The van der Waals surface area contributed by atoms with Gasteiger partial charge in [-0.3, -0.25) is 9.59 Å². The molecule has 0 bridgehead atoms. The number of ether oxygens (including phenoxy) is 2. The summed E-state index contributed by atoms with van der Waals surface area (Å²) in [6, 6.07) is 12.1. The van der Waals surface area contributed by atoms with Crippen LogP contribution >= 0.6 is 0 Å². The zero-order chi connectivity index (χ0) is 22.8. The number of carbonyl (C=O) groups excluding carboxylic acids is 1. The maximum Gasteiger partial charge on any atom is 0.290 e. The number of rotatable bonds is 8. The Morgan fingerprint density at radius 2 is 1.72 bits per heavy atom. The first-order valence-corrected chi connectivity index (χ1v) is 10.9. The molecule has 0 N–H and O–H groups in total. The maximum absolute atomic E-state index is 13.5. The van der Waals surface area contributed by atoms with Crippen molar-refractivity contribution in [2.24, 2.45) is 0 Å². The van der Waals surface area contributed by atoms with E-state index in [9.17, 15) is 9.59 Å². The maximum atomic E-state index is 13.5. The highest BCUT2D eigenvalue weighted by Crippen LogP contribution is 2.40. The fourth-order valence-corrected chi connectivity index (χ4v) is 4.09. The molecule has 0 aliphatic carbocycles. The van der Waals surface area contributed by atoms with Gasteiger partial charge in [-0.05, 0) is 57.8 Å². The van der Waals surface area contributed by atoms with E-state index in [1.807, 2.05) is 51.0 Å². The van der Waals surface area contributed by atoms with Gasteiger partial charge >= 0.3 is 0 Å². The lowest BCUT2D eigenvalue weighted by Gasteiger charge is -2.27. The van der Waals surface area contributed by atoms with Crippen LogP contribution in [0, 0.1) is 0 Å². The summed E-state index contributed by atoms with van der Waals surface area (Å²) in [4.78, 5) is 30.6. The first kappa shape index (κ1) is 21.9.